The highest BCUT2D eigenvalue weighted by Gasteiger charge is 2.16. The molecule has 0 atom stereocenters. The van der Waals surface area contributed by atoms with Crippen molar-refractivity contribution in [3.05, 3.63) is 58.3 Å². The fourth-order valence-electron chi connectivity index (χ4n) is 2.69. The highest BCUT2D eigenvalue weighted by molar-refractivity contribution is 6.12. The van der Waals surface area contributed by atoms with E-state index in [9.17, 15) is 8.78 Å². The number of rotatable bonds is 11. The summed E-state index contributed by atoms with van der Waals surface area (Å²) in [5.41, 5.74) is 4.57. The van der Waals surface area contributed by atoms with Crippen LogP contribution in [-0.4, -0.2) is 31.6 Å². The Hall–Kier alpha value is -2.34. The SMILES string of the molecule is CCN/C=C(\C=N)C/C(=C/CNC(F)F)C(=N)c1ccc(C)cc1C(C)C. The van der Waals surface area contributed by atoms with Gasteiger partial charge in [0.2, 0.25) is 0 Å². The monoisotopic (exact) mass is 376 g/mol. The number of alkyl halides is 2. The molecule has 0 saturated heterocycles. The Morgan fingerprint density at radius 1 is 1.26 bits per heavy atom. The van der Waals surface area contributed by atoms with Crippen LogP contribution in [0.1, 0.15) is 49.8 Å². The van der Waals surface area contributed by atoms with Crippen LogP contribution in [0.25, 0.3) is 0 Å². The normalized spacial score (nSPS) is 12.6. The van der Waals surface area contributed by atoms with Gasteiger partial charge in [0.05, 0.1) is 5.71 Å². The van der Waals surface area contributed by atoms with Crippen molar-refractivity contribution in [1.29, 1.82) is 10.8 Å². The zero-order chi connectivity index (χ0) is 20.4. The second-order valence-corrected chi connectivity index (χ2v) is 6.66. The lowest BCUT2D eigenvalue weighted by Gasteiger charge is -2.17. The highest BCUT2D eigenvalue weighted by Crippen LogP contribution is 2.25. The fraction of sp³-hybridized carbons (Fsp3) is 0.429. The summed E-state index contributed by atoms with van der Waals surface area (Å²) in [4.78, 5) is 0. The number of hydrogen-bond donors (Lipinski definition) is 4. The zero-order valence-corrected chi connectivity index (χ0v) is 16.5. The van der Waals surface area contributed by atoms with E-state index >= 15 is 0 Å². The summed E-state index contributed by atoms with van der Waals surface area (Å²) in [6.07, 6.45) is 4.89. The summed E-state index contributed by atoms with van der Waals surface area (Å²) >= 11 is 0. The van der Waals surface area contributed by atoms with E-state index in [1.807, 2.05) is 26.0 Å². The van der Waals surface area contributed by atoms with Crippen molar-refractivity contribution in [2.75, 3.05) is 13.1 Å². The second kappa shape index (κ2) is 11.4. The molecule has 148 valence electrons. The van der Waals surface area contributed by atoms with Crippen LogP contribution in [0.3, 0.4) is 0 Å². The molecule has 0 aromatic heterocycles. The molecule has 4 nitrogen and oxygen atoms in total. The van der Waals surface area contributed by atoms with Crippen molar-refractivity contribution in [3.8, 4) is 0 Å². The van der Waals surface area contributed by atoms with Gasteiger partial charge >= 0.3 is 0 Å². The fourth-order valence-corrected chi connectivity index (χ4v) is 2.69. The molecular formula is C21H30F2N4. The third-order valence-corrected chi connectivity index (χ3v) is 4.11. The third kappa shape index (κ3) is 7.43. The van der Waals surface area contributed by atoms with Crippen molar-refractivity contribution < 1.29 is 8.78 Å². The van der Waals surface area contributed by atoms with E-state index in [4.69, 9.17) is 10.8 Å². The van der Waals surface area contributed by atoms with Crippen LogP contribution in [-0.2, 0) is 0 Å². The molecule has 0 spiro atoms. The molecule has 0 amide bonds. The first-order chi connectivity index (χ1) is 12.8. The van der Waals surface area contributed by atoms with Crippen LogP contribution in [0.4, 0.5) is 8.78 Å². The number of nitrogens with one attached hydrogen (secondary N) is 4. The molecule has 0 fully saturated rings. The summed E-state index contributed by atoms with van der Waals surface area (Å²) in [5.74, 6) is 0.236. The van der Waals surface area contributed by atoms with Gasteiger partial charge in [-0.25, -0.2) is 0 Å². The van der Waals surface area contributed by atoms with E-state index in [2.05, 4.69) is 30.5 Å². The van der Waals surface area contributed by atoms with Gasteiger partial charge in [0.25, 0.3) is 6.55 Å². The lowest BCUT2D eigenvalue weighted by atomic mass is 9.88. The van der Waals surface area contributed by atoms with E-state index in [0.717, 1.165) is 23.2 Å². The quantitative estimate of drug-likeness (QED) is 0.332. The Kier molecular flexibility index (Phi) is 9.58. The van der Waals surface area contributed by atoms with Crippen LogP contribution >= 0.6 is 0 Å². The Balaban J connectivity index is 3.25. The molecule has 0 heterocycles. The first kappa shape index (κ1) is 22.7. The number of allylic oxidation sites excluding steroid dienone is 2. The van der Waals surface area contributed by atoms with Gasteiger partial charge in [-0.1, -0.05) is 43.7 Å². The van der Waals surface area contributed by atoms with Gasteiger partial charge in [-0.3, -0.25) is 10.7 Å². The average molecular weight is 376 g/mol. The van der Waals surface area contributed by atoms with E-state index < -0.39 is 6.55 Å². The van der Waals surface area contributed by atoms with Crippen LogP contribution < -0.4 is 10.6 Å². The minimum atomic E-state index is -2.61. The molecule has 0 radical (unpaired) electrons. The Morgan fingerprint density at radius 2 is 1.96 bits per heavy atom. The number of hydrogen-bond acceptors (Lipinski definition) is 4. The molecule has 0 aliphatic carbocycles. The molecular weight excluding hydrogens is 346 g/mol. The summed E-state index contributed by atoms with van der Waals surface area (Å²) < 4.78 is 24.9. The number of aryl methyl sites for hydroxylation is 1. The summed E-state index contributed by atoms with van der Waals surface area (Å²) in [5, 5.41) is 21.4. The Labute approximate surface area is 160 Å². The molecule has 1 aromatic rings. The first-order valence-electron chi connectivity index (χ1n) is 9.13. The zero-order valence-electron chi connectivity index (χ0n) is 16.5. The van der Waals surface area contributed by atoms with Crippen molar-refractivity contribution in [2.45, 2.75) is 46.6 Å². The minimum Gasteiger partial charge on any atom is -0.391 e. The Morgan fingerprint density at radius 3 is 2.52 bits per heavy atom. The van der Waals surface area contributed by atoms with Gasteiger partial charge in [0.1, 0.15) is 0 Å². The summed E-state index contributed by atoms with van der Waals surface area (Å²) in [6, 6.07) is 5.94. The van der Waals surface area contributed by atoms with Crippen LogP contribution in [0.5, 0.6) is 0 Å². The van der Waals surface area contributed by atoms with Crippen LogP contribution in [0.2, 0.25) is 0 Å². The lowest BCUT2D eigenvalue weighted by molar-refractivity contribution is 0.113. The third-order valence-electron chi connectivity index (χ3n) is 4.11. The van der Waals surface area contributed by atoms with E-state index in [-0.39, 0.29) is 12.5 Å². The molecule has 0 unspecified atom stereocenters. The van der Waals surface area contributed by atoms with Crippen LogP contribution in [0.15, 0.2) is 41.6 Å². The average Bonchev–Trinajstić information content (AvgIpc) is 2.62. The summed E-state index contributed by atoms with van der Waals surface area (Å²) in [6.45, 7) is 6.17. The van der Waals surface area contributed by atoms with Crippen molar-refractivity contribution in [2.24, 2.45) is 0 Å². The van der Waals surface area contributed by atoms with Gasteiger partial charge in [-0.15, -0.1) is 0 Å². The molecule has 0 bridgehead atoms. The number of benzene rings is 1. The van der Waals surface area contributed by atoms with E-state index in [0.29, 0.717) is 23.3 Å². The largest absolute Gasteiger partial charge is 0.391 e. The minimum absolute atomic E-state index is 0.0370. The van der Waals surface area contributed by atoms with E-state index in [1.165, 1.54) is 6.21 Å². The molecule has 0 aliphatic heterocycles. The maximum absolute atomic E-state index is 12.5. The van der Waals surface area contributed by atoms with E-state index in [1.54, 1.807) is 12.3 Å². The standard InChI is InChI=1S/C21H30F2N4/c1-5-26-13-16(12-24)11-17(8-9-27-21(22)23)20(25)18-7-6-15(4)10-19(18)14(2)3/h6-8,10,12-14,21,24-27H,5,9,11H2,1-4H3/b16-13-,17-8-,24-12?,25-20?. The van der Waals surface area contributed by atoms with Gasteiger partial charge in [-0.05, 0) is 36.5 Å². The first-order valence-corrected chi connectivity index (χ1v) is 9.13. The smallest absolute Gasteiger partial charge is 0.292 e. The van der Waals surface area contributed by atoms with Gasteiger partial charge in [0, 0.05) is 37.5 Å². The maximum Gasteiger partial charge on any atom is 0.292 e. The van der Waals surface area contributed by atoms with Crippen molar-refractivity contribution in [1.82, 2.24) is 10.6 Å². The predicted molar refractivity (Wildman–Crippen MR) is 109 cm³/mol. The van der Waals surface area contributed by atoms with Gasteiger partial charge in [-0.2, -0.15) is 8.78 Å². The topological polar surface area (TPSA) is 71.8 Å². The molecule has 1 rings (SSSR count). The molecule has 4 N–H and O–H groups in total. The van der Waals surface area contributed by atoms with Gasteiger partial charge < -0.3 is 10.7 Å². The molecule has 27 heavy (non-hydrogen) atoms. The van der Waals surface area contributed by atoms with Gasteiger partial charge in [0.15, 0.2) is 0 Å². The van der Waals surface area contributed by atoms with Crippen molar-refractivity contribution in [3.63, 3.8) is 0 Å². The Bertz CT molecular complexity index is 706. The van der Waals surface area contributed by atoms with Crippen molar-refractivity contribution >= 4 is 11.9 Å². The highest BCUT2D eigenvalue weighted by atomic mass is 19.3. The lowest BCUT2D eigenvalue weighted by Crippen LogP contribution is -2.21. The molecule has 0 saturated carbocycles. The predicted octanol–water partition coefficient (Wildman–Crippen LogP) is 4.76. The molecule has 6 heteroatoms. The van der Waals surface area contributed by atoms with Crippen LogP contribution in [0, 0.1) is 17.7 Å². The maximum atomic E-state index is 12.5. The molecule has 0 aliphatic rings. The molecule has 1 aromatic carbocycles. The number of halogens is 2. The summed E-state index contributed by atoms with van der Waals surface area (Å²) in [7, 11) is 0. The second-order valence-electron chi connectivity index (χ2n) is 6.66.